The second-order valence-electron chi connectivity index (χ2n) is 7.56. The molecular weight excluding hydrogens is 374 g/mol. The lowest BCUT2D eigenvalue weighted by Crippen LogP contribution is -2.27. The first kappa shape index (κ1) is 19.9. The van der Waals surface area contributed by atoms with E-state index in [0.29, 0.717) is 6.54 Å². The molecule has 0 bridgehead atoms. The topological polar surface area (TPSA) is 46.6 Å². The van der Waals surface area contributed by atoms with Crippen molar-refractivity contribution in [2.45, 2.75) is 26.4 Å². The van der Waals surface area contributed by atoms with E-state index in [9.17, 15) is 9.59 Å². The maximum absolute atomic E-state index is 12.6. The Balaban J connectivity index is 1.36. The van der Waals surface area contributed by atoms with Crippen molar-refractivity contribution in [3.8, 4) is 11.1 Å². The fourth-order valence-electron chi connectivity index (χ4n) is 3.87. The number of aryl methyl sites for hydroxylation is 1. The van der Waals surface area contributed by atoms with E-state index in [4.69, 9.17) is 4.74 Å². The second-order valence-corrected chi connectivity index (χ2v) is 7.56. The molecule has 4 rings (SSSR count). The number of rotatable bonds is 6. The molecule has 1 aliphatic heterocycles. The molecule has 0 N–H and O–H groups in total. The molecule has 4 nitrogen and oxygen atoms in total. The summed E-state index contributed by atoms with van der Waals surface area (Å²) in [7, 11) is 0. The molecular formula is C26H25NO3. The summed E-state index contributed by atoms with van der Waals surface area (Å²) in [5, 5.41) is 0. The van der Waals surface area contributed by atoms with Crippen LogP contribution in [0, 0.1) is 5.92 Å². The number of ether oxygens (including phenoxy) is 1. The Hall–Kier alpha value is -3.40. The highest BCUT2D eigenvalue weighted by Crippen LogP contribution is 2.29. The molecule has 4 heteroatoms. The summed E-state index contributed by atoms with van der Waals surface area (Å²) in [6.45, 7) is 2.65. The maximum atomic E-state index is 12.6. The van der Waals surface area contributed by atoms with Gasteiger partial charge in [0.15, 0.2) is 0 Å². The van der Waals surface area contributed by atoms with Gasteiger partial charge in [-0.1, -0.05) is 79.7 Å². The first-order valence-corrected chi connectivity index (χ1v) is 10.3. The lowest BCUT2D eigenvalue weighted by atomic mass is 10.0. The van der Waals surface area contributed by atoms with Gasteiger partial charge < -0.3 is 9.64 Å². The molecule has 1 heterocycles. The Morgan fingerprint density at radius 1 is 0.933 bits per heavy atom. The Kier molecular flexibility index (Phi) is 5.94. The molecule has 0 unspecified atom stereocenters. The number of benzene rings is 3. The lowest BCUT2D eigenvalue weighted by Gasteiger charge is -2.19. The summed E-state index contributed by atoms with van der Waals surface area (Å²) in [4.78, 5) is 26.8. The van der Waals surface area contributed by atoms with Crippen LogP contribution in [0.15, 0.2) is 78.9 Å². The van der Waals surface area contributed by atoms with E-state index < -0.39 is 5.92 Å². The van der Waals surface area contributed by atoms with Crippen molar-refractivity contribution < 1.29 is 14.3 Å². The molecule has 0 aromatic heterocycles. The van der Waals surface area contributed by atoms with Crippen LogP contribution in [0.25, 0.3) is 11.1 Å². The van der Waals surface area contributed by atoms with E-state index in [1.54, 1.807) is 4.90 Å². The summed E-state index contributed by atoms with van der Waals surface area (Å²) in [5.41, 5.74) is 5.21. The van der Waals surface area contributed by atoms with E-state index in [1.807, 2.05) is 66.7 Å². The smallest absolute Gasteiger partial charge is 0.311 e. The highest BCUT2D eigenvalue weighted by Gasteiger charge is 2.36. The molecule has 1 aliphatic rings. The van der Waals surface area contributed by atoms with Crippen molar-refractivity contribution in [2.24, 2.45) is 5.92 Å². The number of carbonyl (C=O) groups excluding carboxylic acids is 2. The predicted molar refractivity (Wildman–Crippen MR) is 118 cm³/mol. The van der Waals surface area contributed by atoms with E-state index >= 15 is 0 Å². The summed E-state index contributed by atoms with van der Waals surface area (Å²) >= 11 is 0. The maximum Gasteiger partial charge on any atom is 0.311 e. The van der Waals surface area contributed by atoms with Gasteiger partial charge >= 0.3 is 5.97 Å². The molecule has 3 aromatic rings. The summed E-state index contributed by atoms with van der Waals surface area (Å²) in [6.07, 6.45) is 1.04. The lowest BCUT2D eigenvalue weighted by molar-refractivity contribution is -0.149. The van der Waals surface area contributed by atoms with Crippen LogP contribution in [-0.2, 0) is 27.4 Å². The highest BCUT2D eigenvalue weighted by molar-refractivity contribution is 6.00. The van der Waals surface area contributed by atoms with Crippen LogP contribution in [0.5, 0.6) is 0 Å². The zero-order chi connectivity index (χ0) is 20.9. The molecule has 30 heavy (non-hydrogen) atoms. The largest absolute Gasteiger partial charge is 0.461 e. The van der Waals surface area contributed by atoms with Crippen molar-refractivity contribution in [3.05, 3.63) is 90.0 Å². The molecule has 1 atom stereocenters. The van der Waals surface area contributed by atoms with E-state index in [-0.39, 0.29) is 24.9 Å². The van der Waals surface area contributed by atoms with E-state index in [1.165, 1.54) is 0 Å². The third kappa shape index (κ3) is 4.28. The molecule has 3 aromatic carbocycles. The van der Waals surface area contributed by atoms with Gasteiger partial charge in [-0.15, -0.1) is 0 Å². The monoisotopic (exact) mass is 399 g/mol. The number of anilines is 1. The Morgan fingerprint density at radius 3 is 2.33 bits per heavy atom. The minimum Gasteiger partial charge on any atom is -0.461 e. The average molecular weight is 399 g/mol. The Bertz CT molecular complexity index is 1030. The first-order valence-electron chi connectivity index (χ1n) is 10.3. The van der Waals surface area contributed by atoms with Crippen LogP contribution in [0.4, 0.5) is 5.69 Å². The SMILES string of the molecule is CCc1ccccc1N1C[C@@H](C(=O)OCc2ccc(-c3ccccc3)cc2)CC1=O. The van der Waals surface area contributed by atoms with Crippen LogP contribution in [0.1, 0.15) is 24.5 Å². The van der Waals surface area contributed by atoms with Gasteiger partial charge in [0.05, 0.1) is 5.92 Å². The number of carbonyl (C=O) groups is 2. The van der Waals surface area contributed by atoms with Crippen molar-refractivity contribution in [2.75, 3.05) is 11.4 Å². The van der Waals surface area contributed by atoms with Crippen molar-refractivity contribution in [1.29, 1.82) is 0 Å². The van der Waals surface area contributed by atoms with Crippen LogP contribution in [-0.4, -0.2) is 18.4 Å². The number of amides is 1. The summed E-state index contributed by atoms with van der Waals surface area (Å²) in [5.74, 6) is -0.761. The van der Waals surface area contributed by atoms with E-state index in [2.05, 4.69) is 19.1 Å². The zero-order valence-electron chi connectivity index (χ0n) is 17.1. The number of hydrogen-bond donors (Lipinski definition) is 0. The molecule has 1 saturated heterocycles. The predicted octanol–water partition coefficient (Wildman–Crippen LogP) is 5.01. The minimum atomic E-state index is -0.425. The molecule has 152 valence electrons. The third-order valence-corrected chi connectivity index (χ3v) is 5.56. The van der Waals surface area contributed by atoms with Gasteiger partial charge in [0.25, 0.3) is 0 Å². The first-order chi connectivity index (χ1) is 14.7. The summed E-state index contributed by atoms with van der Waals surface area (Å²) in [6, 6.07) is 26.0. The second kappa shape index (κ2) is 8.95. The molecule has 0 saturated carbocycles. The Labute approximate surface area is 177 Å². The molecule has 1 fully saturated rings. The van der Waals surface area contributed by atoms with Crippen molar-refractivity contribution in [3.63, 3.8) is 0 Å². The molecule has 1 amide bonds. The normalized spacial score (nSPS) is 16.0. The van der Waals surface area contributed by atoms with Crippen molar-refractivity contribution in [1.82, 2.24) is 0 Å². The number of nitrogens with zero attached hydrogens (tertiary/aromatic N) is 1. The van der Waals surface area contributed by atoms with Crippen LogP contribution >= 0.6 is 0 Å². The van der Waals surface area contributed by atoms with Gasteiger partial charge in [-0.25, -0.2) is 0 Å². The fourth-order valence-corrected chi connectivity index (χ4v) is 3.87. The van der Waals surface area contributed by atoms with Crippen LogP contribution in [0.2, 0.25) is 0 Å². The highest BCUT2D eigenvalue weighted by atomic mass is 16.5. The minimum absolute atomic E-state index is 0.0231. The Morgan fingerprint density at radius 2 is 1.60 bits per heavy atom. The van der Waals surface area contributed by atoms with Gasteiger partial charge in [0, 0.05) is 18.7 Å². The van der Waals surface area contributed by atoms with Crippen LogP contribution < -0.4 is 4.90 Å². The number of esters is 1. The average Bonchev–Trinajstić information content (AvgIpc) is 3.20. The van der Waals surface area contributed by atoms with E-state index in [0.717, 1.165) is 34.4 Å². The quantitative estimate of drug-likeness (QED) is 0.547. The summed E-state index contributed by atoms with van der Waals surface area (Å²) < 4.78 is 5.53. The third-order valence-electron chi connectivity index (χ3n) is 5.56. The molecule has 0 radical (unpaired) electrons. The number of hydrogen-bond acceptors (Lipinski definition) is 3. The van der Waals surface area contributed by atoms with Crippen LogP contribution in [0.3, 0.4) is 0 Å². The van der Waals surface area contributed by atoms with Gasteiger partial charge in [0.2, 0.25) is 5.91 Å². The fraction of sp³-hybridized carbons (Fsp3) is 0.231. The van der Waals surface area contributed by atoms with Gasteiger partial charge in [0.1, 0.15) is 6.61 Å². The van der Waals surface area contributed by atoms with Gasteiger partial charge in [-0.3, -0.25) is 9.59 Å². The number of para-hydroxylation sites is 1. The zero-order valence-corrected chi connectivity index (χ0v) is 17.1. The van der Waals surface area contributed by atoms with Crippen molar-refractivity contribution >= 4 is 17.6 Å². The molecule has 0 aliphatic carbocycles. The standard InChI is InChI=1S/C26H25NO3/c1-2-20-8-6-7-11-24(20)27-17-23(16-25(27)28)26(29)30-18-19-12-14-22(15-13-19)21-9-4-3-5-10-21/h3-15,23H,2,16-18H2,1H3/t23-/m0/s1. The van der Waals surface area contributed by atoms with Gasteiger partial charge in [-0.05, 0) is 34.7 Å². The molecule has 0 spiro atoms. The van der Waals surface area contributed by atoms with Gasteiger partial charge in [-0.2, -0.15) is 0 Å².